The standard InChI is InChI=1S/C26H27N3O5S/c1-14-20(24(31)32)23(35-29-14)28-22(30)21(26(2,3)4)27-25(33)34-13-19-17-11-7-5-9-15(17)16-10-6-8-12-18(16)19/h5-12,19,21H,13H2,1-4H3,(H,27,33)(H,28,30)(H,31,32)/t21-/m1/s1. The van der Waals surface area contributed by atoms with Crippen LogP contribution in [0.5, 0.6) is 0 Å². The summed E-state index contributed by atoms with van der Waals surface area (Å²) >= 11 is 0.887. The number of amides is 2. The fourth-order valence-electron chi connectivity index (χ4n) is 4.32. The number of ether oxygens (including phenoxy) is 1. The van der Waals surface area contributed by atoms with Gasteiger partial charge in [0.2, 0.25) is 5.91 Å². The van der Waals surface area contributed by atoms with Crippen molar-refractivity contribution in [3.05, 3.63) is 70.9 Å². The third kappa shape index (κ3) is 4.90. The van der Waals surface area contributed by atoms with Gasteiger partial charge in [-0.3, -0.25) is 4.79 Å². The van der Waals surface area contributed by atoms with Gasteiger partial charge >= 0.3 is 12.1 Å². The molecule has 8 nitrogen and oxygen atoms in total. The maximum Gasteiger partial charge on any atom is 0.407 e. The Morgan fingerprint density at radius 1 is 1.06 bits per heavy atom. The molecule has 3 aromatic rings. The van der Waals surface area contributed by atoms with Crippen molar-refractivity contribution in [1.29, 1.82) is 0 Å². The number of hydrogen-bond acceptors (Lipinski definition) is 6. The number of hydrogen-bond donors (Lipinski definition) is 3. The van der Waals surface area contributed by atoms with Gasteiger partial charge in [0.15, 0.2) is 0 Å². The number of aromatic nitrogens is 1. The van der Waals surface area contributed by atoms with E-state index in [-0.39, 0.29) is 23.1 Å². The monoisotopic (exact) mass is 493 g/mol. The quantitative estimate of drug-likeness (QED) is 0.443. The van der Waals surface area contributed by atoms with Crippen LogP contribution in [0.25, 0.3) is 11.1 Å². The van der Waals surface area contributed by atoms with Gasteiger partial charge in [0.25, 0.3) is 0 Å². The molecule has 1 aliphatic rings. The number of benzene rings is 2. The van der Waals surface area contributed by atoms with Crippen molar-refractivity contribution in [1.82, 2.24) is 9.69 Å². The van der Waals surface area contributed by atoms with Gasteiger partial charge in [0.1, 0.15) is 23.2 Å². The second-order valence-corrected chi connectivity index (χ2v) is 10.3. The number of carboxylic acid groups (broad SMARTS) is 1. The molecule has 35 heavy (non-hydrogen) atoms. The summed E-state index contributed by atoms with van der Waals surface area (Å²) in [5.41, 5.74) is 4.02. The van der Waals surface area contributed by atoms with E-state index < -0.39 is 29.4 Å². The van der Waals surface area contributed by atoms with Crippen molar-refractivity contribution in [3.8, 4) is 11.1 Å². The second-order valence-electron chi connectivity index (χ2n) is 9.54. The molecular weight excluding hydrogens is 466 g/mol. The van der Waals surface area contributed by atoms with Crippen LogP contribution in [0.1, 0.15) is 53.9 Å². The van der Waals surface area contributed by atoms with Crippen LogP contribution in [0, 0.1) is 12.3 Å². The fourth-order valence-corrected chi connectivity index (χ4v) is 5.12. The Morgan fingerprint density at radius 3 is 2.17 bits per heavy atom. The largest absolute Gasteiger partial charge is 0.478 e. The summed E-state index contributed by atoms with van der Waals surface area (Å²) in [6.07, 6.45) is -0.721. The molecule has 0 saturated carbocycles. The summed E-state index contributed by atoms with van der Waals surface area (Å²) in [5, 5.41) is 14.8. The van der Waals surface area contributed by atoms with Gasteiger partial charge in [0.05, 0.1) is 5.69 Å². The molecule has 0 radical (unpaired) electrons. The summed E-state index contributed by atoms with van der Waals surface area (Å²) < 4.78 is 9.62. The summed E-state index contributed by atoms with van der Waals surface area (Å²) in [5.74, 6) is -1.83. The van der Waals surface area contributed by atoms with Crippen molar-refractivity contribution in [2.24, 2.45) is 5.41 Å². The van der Waals surface area contributed by atoms with Crippen molar-refractivity contribution >= 4 is 34.5 Å². The highest BCUT2D eigenvalue weighted by molar-refractivity contribution is 7.11. The summed E-state index contributed by atoms with van der Waals surface area (Å²) in [4.78, 5) is 37.4. The first kappa shape index (κ1) is 24.4. The highest BCUT2D eigenvalue weighted by Crippen LogP contribution is 2.44. The minimum absolute atomic E-state index is 0.0582. The molecule has 1 atom stereocenters. The normalized spacial score (nSPS) is 13.5. The molecule has 0 unspecified atom stereocenters. The van der Waals surface area contributed by atoms with E-state index in [2.05, 4.69) is 27.1 Å². The molecule has 1 aromatic heterocycles. The number of carboxylic acids is 1. The predicted molar refractivity (Wildman–Crippen MR) is 134 cm³/mol. The van der Waals surface area contributed by atoms with Crippen molar-refractivity contribution in [3.63, 3.8) is 0 Å². The summed E-state index contributed by atoms with van der Waals surface area (Å²) in [6, 6.07) is 15.1. The van der Waals surface area contributed by atoms with Crippen LogP contribution in [-0.2, 0) is 9.53 Å². The topological polar surface area (TPSA) is 118 Å². The Balaban J connectivity index is 1.47. The lowest BCUT2D eigenvalue weighted by molar-refractivity contribution is -0.120. The number of aryl methyl sites for hydroxylation is 1. The smallest absolute Gasteiger partial charge is 0.407 e. The summed E-state index contributed by atoms with van der Waals surface area (Å²) in [7, 11) is 0. The number of nitrogens with zero attached hydrogens (tertiary/aromatic N) is 1. The van der Waals surface area contributed by atoms with E-state index in [4.69, 9.17) is 4.74 Å². The molecule has 2 aromatic carbocycles. The van der Waals surface area contributed by atoms with Crippen LogP contribution in [-0.4, -0.2) is 40.1 Å². The van der Waals surface area contributed by atoms with E-state index in [9.17, 15) is 19.5 Å². The number of carbonyl (C=O) groups is 3. The molecule has 2 amide bonds. The number of fused-ring (bicyclic) bond motifs is 3. The zero-order valence-corrected chi connectivity index (χ0v) is 20.7. The van der Waals surface area contributed by atoms with Gasteiger partial charge in [-0.15, -0.1) is 0 Å². The van der Waals surface area contributed by atoms with Crippen LogP contribution >= 0.6 is 11.5 Å². The third-order valence-electron chi connectivity index (χ3n) is 6.05. The zero-order valence-electron chi connectivity index (χ0n) is 19.9. The molecule has 0 saturated heterocycles. The van der Waals surface area contributed by atoms with Gasteiger partial charge in [-0.25, -0.2) is 9.59 Å². The molecule has 4 rings (SSSR count). The van der Waals surface area contributed by atoms with Gasteiger partial charge < -0.3 is 20.5 Å². The molecular formula is C26H27N3O5S. The van der Waals surface area contributed by atoms with E-state index >= 15 is 0 Å². The molecule has 0 aliphatic heterocycles. The molecule has 3 N–H and O–H groups in total. The van der Waals surface area contributed by atoms with E-state index in [1.54, 1.807) is 27.7 Å². The average molecular weight is 494 g/mol. The van der Waals surface area contributed by atoms with Gasteiger partial charge in [0, 0.05) is 5.92 Å². The van der Waals surface area contributed by atoms with Crippen LogP contribution in [0.2, 0.25) is 0 Å². The van der Waals surface area contributed by atoms with Crippen LogP contribution in [0.15, 0.2) is 48.5 Å². The van der Waals surface area contributed by atoms with Crippen LogP contribution in [0.4, 0.5) is 9.80 Å². The number of alkyl carbamates (subject to hydrolysis) is 1. The minimum atomic E-state index is -1.18. The lowest BCUT2D eigenvalue weighted by atomic mass is 9.86. The molecule has 0 fully saturated rings. The Hall–Kier alpha value is -3.72. The average Bonchev–Trinajstić information content (AvgIpc) is 3.32. The fraction of sp³-hybridized carbons (Fsp3) is 0.308. The first-order chi connectivity index (χ1) is 16.6. The molecule has 0 spiro atoms. The maximum absolute atomic E-state index is 13.1. The van der Waals surface area contributed by atoms with Crippen molar-refractivity contribution in [2.75, 3.05) is 11.9 Å². The molecule has 9 heteroatoms. The Labute approximate surface area is 207 Å². The van der Waals surface area contributed by atoms with Crippen molar-refractivity contribution in [2.45, 2.75) is 39.7 Å². The lowest BCUT2D eigenvalue weighted by Gasteiger charge is -2.30. The predicted octanol–water partition coefficient (Wildman–Crippen LogP) is 5.04. The van der Waals surface area contributed by atoms with E-state index in [0.717, 1.165) is 33.8 Å². The first-order valence-electron chi connectivity index (χ1n) is 11.2. The lowest BCUT2D eigenvalue weighted by Crippen LogP contribution is -2.51. The highest BCUT2D eigenvalue weighted by Gasteiger charge is 2.35. The number of anilines is 1. The van der Waals surface area contributed by atoms with Gasteiger partial charge in [-0.05, 0) is 46.1 Å². The van der Waals surface area contributed by atoms with Gasteiger partial charge in [-0.1, -0.05) is 69.3 Å². The maximum atomic E-state index is 13.1. The minimum Gasteiger partial charge on any atom is -0.478 e. The second kappa shape index (κ2) is 9.50. The Bertz CT molecular complexity index is 1250. The molecule has 1 aliphatic carbocycles. The number of nitrogens with one attached hydrogen (secondary N) is 2. The van der Waals surface area contributed by atoms with E-state index in [1.807, 2.05) is 36.4 Å². The molecule has 0 bridgehead atoms. The van der Waals surface area contributed by atoms with Gasteiger partial charge in [-0.2, -0.15) is 4.37 Å². The number of aromatic carboxylic acids is 1. The SMILES string of the molecule is Cc1nsc(NC(=O)[C@@H](NC(=O)OCC2c3ccccc3-c3ccccc32)C(C)(C)C)c1C(=O)O. The highest BCUT2D eigenvalue weighted by atomic mass is 32.1. The molecule has 182 valence electrons. The number of carbonyl (C=O) groups excluding carboxylic acids is 2. The summed E-state index contributed by atoms with van der Waals surface area (Å²) in [6.45, 7) is 7.09. The van der Waals surface area contributed by atoms with Crippen LogP contribution in [0.3, 0.4) is 0 Å². The Morgan fingerprint density at radius 2 is 1.63 bits per heavy atom. The van der Waals surface area contributed by atoms with E-state index in [1.165, 1.54) is 0 Å². The van der Waals surface area contributed by atoms with E-state index in [0.29, 0.717) is 5.69 Å². The zero-order chi connectivity index (χ0) is 25.3. The molecule has 1 heterocycles. The van der Waals surface area contributed by atoms with Crippen LogP contribution < -0.4 is 10.6 Å². The Kier molecular flexibility index (Phi) is 6.62. The number of rotatable bonds is 6. The first-order valence-corrected chi connectivity index (χ1v) is 12.0. The van der Waals surface area contributed by atoms with Crippen molar-refractivity contribution < 1.29 is 24.2 Å². The third-order valence-corrected chi connectivity index (χ3v) is 6.90.